The molecule has 1 aromatic carbocycles. The maximum atomic E-state index is 14.4. The fourth-order valence-electron chi connectivity index (χ4n) is 5.22. The van der Waals surface area contributed by atoms with Gasteiger partial charge in [-0.05, 0) is 58.1 Å². The van der Waals surface area contributed by atoms with Gasteiger partial charge in [0.2, 0.25) is 6.39 Å². The summed E-state index contributed by atoms with van der Waals surface area (Å²) in [7, 11) is 1.69. The van der Waals surface area contributed by atoms with Gasteiger partial charge in [-0.1, -0.05) is 31.1 Å². The van der Waals surface area contributed by atoms with Gasteiger partial charge in [-0.25, -0.2) is 9.78 Å². The largest absolute Gasteiger partial charge is 0.444 e. The number of aryl methyl sites for hydroxylation is 1. The molecule has 2 amide bonds. The Hall–Kier alpha value is -3.47. The molecule has 2 aromatic heterocycles. The third kappa shape index (κ3) is 7.18. The highest BCUT2D eigenvalue weighted by atomic mass is 16.6. The van der Waals surface area contributed by atoms with E-state index in [9.17, 15) is 9.59 Å². The minimum atomic E-state index is -0.646. The number of nitrogens with zero attached hydrogens (tertiary/aromatic N) is 6. The Morgan fingerprint density at radius 2 is 1.95 bits per heavy atom. The number of unbranched alkanes of at least 4 members (excludes halogenated alkanes) is 1. The Kier molecular flexibility index (Phi) is 9.44. The molecule has 0 saturated carbocycles. The number of imidazole rings is 1. The lowest BCUT2D eigenvalue weighted by atomic mass is 9.92. The van der Waals surface area contributed by atoms with Crippen LogP contribution in [0.25, 0.3) is 11.0 Å². The van der Waals surface area contributed by atoms with Gasteiger partial charge in [0.25, 0.3) is 5.91 Å². The van der Waals surface area contributed by atoms with E-state index >= 15 is 0 Å². The molecule has 0 unspecified atom stereocenters. The molecule has 11 heteroatoms. The van der Waals surface area contributed by atoms with Crippen LogP contribution < -0.4 is 0 Å². The zero-order valence-corrected chi connectivity index (χ0v) is 24.5. The molecule has 2 atom stereocenters. The monoisotopic (exact) mass is 554 g/mol. The van der Waals surface area contributed by atoms with Crippen LogP contribution in [0.2, 0.25) is 0 Å². The van der Waals surface area contributed by atoms with Crippen molar-refractivity contribution >= 4 is 23.0 Å². The van der Waals surface area contributed by atoms with E-state index in [-0.39, 0.29) is 23.8 Å². The number of likely N-dealkylation sites (tertiary alicyclic amines) is 1. The van der Waals surface area contributed by atoms with Crippen molar-refractivity contribution in [2.45, 2.75) is 78.0 Å². The summed E-state index contributed by atoms with van der Waals surface area (Å²) >= 11 is 0. The Labute approximate surface area is 235 Å². The predicted octanol–water partition coefficient (Wildman–Crippen LogP) is 4.74. The van der Waals surface area contributed by atoms with E-state index in [1.807, 2.05) is 54.5 Å². The molecular weight excluding hydrogens is 512 g/mol. The summed E-state index contributed by atoms with van der Waals surface area (Å²) in [6, 6.07) is 7.54. The van der Waals surface area contributed by atoms with E-state index in [2.05, 4.69) is 24.0 Å². The van der Waals surface area contributed by atoms with Crippen molar-refractivity contribution in [3.8, 4) is 0 Å². The standard InChI is InChI=1S/C29H42N6O5/c1-20(2)16-35(27(36)26-31-23-11-7-8-12-24(23)34(26)13-9-10-14-38-6)22-15-21(25-30-19-39-32-25)17-33(18-22)28(37)40-29(3,4)5/h7-8,11-12,19-22H,9-10,13-18H2,1-6H3/t21-,22+/m1/s1. The van der Waals surface area contributed by atoms with Crippen molar-refractivity contribution in [1.82, 2.24) is 29.5 Å². The molecule has 11 nitrogen and oxygen atoms in total. The number of rotatable bonds is 10. The van der Waals surface area contributed by atoms with Gasteiger partial charge >= 0.3 is 6.09 Å². The number of amides is 2. The number of methoxy groups -OCH3 is 1. The molecule has 1 aliphatic rings. The summed E-state index contributed by atoms with van der Waals surface area (Å²) in [4.78, 5) is 40.2. The van der Waals surface area contributed by atoms with Crippen LogP contribution >= 0.6 is 0 Å². The third-order valence-electron chi connectivity index (χ3n) is 6.91. The second-order valence-electron chi connectivity index (χ2n) is 11.9. The highest BCUT2D eigenvalue weighted by Crippen LogP contribution is 2.30. The van der Waals surface area contributed by atoms with Gasteiger partial charge in [0.1, 0.15) is 5.60 Å². The van der Waals surface area contributed by atoms with Crippen LogP contribution in [-0.2, 0) is 16.0 Å². The van der Waals surface area contributed by atoms with Crippen LogP contribution in [0.4, 0.5) is 4.79 Å². The fourth-order valence-corrected chi connectivity index (χ4v) is 5.22. The number of aromatic nitrogens is 4. The molecule has 1 fully saturated rings. The van der Waals surface area contributed by atoms with Crippen molar-refractivity contribution in [1.29, 1.82) is 0 Å². The van der Waals surface area contributed by atoms with Gasteiger partial charge in [0, 0.05) is 45.8 Å². The average Bonchev–Trinajstić information content (AvgIpc) is 3.57. The number of piperidine rings is 1. The van der Waals surface area contributed by atoms with Gasteiger partial charge in [-0.15, -0.1) is 0 Å². The molecular formula is C29H42N6O5. The smallest absolute Gasteiger partial charge is 0.410 e. The van der Waals surface area contributed by atoms with Crippen LogP contribution in [0, 0.1) is 5.92 Å². The van der Waals surface area contributed by atoms with Crippen molar-refractivity contribution in [3.05, 3.63) is 42.3 Å². The number of hydrogen-bond donors (Lipinski definition) is 0. The minimum Gasteiger partial charge on any atom is -0.444 e. The average molecular weight is 555 g/mol. The van der Waals surface area contributed by atoms with E-state index in [1.54, 1.807) is 12.0 Å². The van der Waals surface area contributed by atoms with Crippen LogP contribution in [0.1, 0.15) is 76.2 Å². The highest BCUT2D eigenvalue weighted by molar-refractivity contribution is 5.95. The molecule has 0 aliphatic carbocycles. The Morgan fingerprint density at radius 3 is 2.62 bits per heavy atom. The van der Waals surface area contributed by atoms with Gasteiger partial charge in [0.15, 0.2) is 11.6 Å². The molecule has 0 spiro atoms. The highest BCUT2D eigenvalue weighted by Gasteiger charge is 2.40. The van der Waals surface area contributed by atoms with E-state index in [0.29, 0.717) is 50.9 Å². The molecule has 40 heavy (non-hydrogen) atoms. The third-order valence-corrected chi connectivity index (χ3v) is 6.91. The molecule has 0 bridgehead atoms. The Balaban J connectivity index is 1.68. The zero-order chi connectivity index (χ0) is 28.9. The molecule has 3 aromatic rings. The first-order valence-corrected chi connectivity index (χ1v) is 14.1. The van der Waals surface area contributed by atoms with E-state index in [0.717, 1.165) is 23.9 Å². The quantitative estimate of drug-likeness (QED) is 0.330. The van der Waals surface area contributed by atoms with Gasteiger partial charge < -0.3 is 28.4 Å². The van der Waals surface area contributed by atoms with Crippen molar-refractivity contribution in [2.75, 3.05) is 33.4 Å². The Bertz CT molecular complexity index is 1270. The molecule has 218 valence electrons. The van der Waals surface area contributed by atoms with E-state index in [1.165, 1.54) is 6.39 Å². The SMILES string of the molecule is COCCCCn1c(C(=O)N(CC(C)C)[C@H]2C[C@@H](c3ncon3)CN(C(=O)OC(C)(C)C)C2)nc2ccccc21. The molecule has 1 aliphatic heterocycles. The predicted molar refractivity (Wildman–Crippen MR) is 150 cm³/mol. The first-order valence-electron chi connectivity index (χ1n) is 14.1. The van der Waals surface area contributed by atoms with Crippen LogP contribution in [0.3, 0.4) is 0 Å². The summed E-state index contributed by atoms with van der Waals surface area (Å²) < 4.78 is 18.0. The number of hydrogen-bond acceptors (Lipinski definition) is 8. The zero-order valence-electron chi connectivity index (χ0n) is 24.5. The maximum absolute atomic E-state index is 14.4. The first-order chi connectivity index (χ1) is 19.1. The second-order valence-corrected chi connectivity index (χ2v) is 11.9. The molecule has 4 rings (SSSR count). The van der Waals surface area contributed by atoms with Gasteiger partial charge in [-0.2, -0.15) is 4.98 Å². The van der Waals surface area contributed by atoms with Crippen LogP contribution in [0.15, 0.2) is 35.2 Å². The summed E-state index contributed by atoms with van der Waals surface area (Å²) in [5, 5.41) is 4.06. The second kappa shape index (κ2) is 12.8. The van der Waals surface area contributed by atoms with E-state index < -0.39 is 11.7 Å². The maximum Gasteiger partial charge on any atom is 0.410 e. The number of fused-ring (bicyclic) bond motifs is 1. The van der Waals surface area contributed by atoms with Crippen LogP contribution in [0.5, 0.6) is 0 Å². The summed E-state index contributed by atoms with van der Waals surface area (Å²) in [6.07, 6.45) is 3.19. The van der Waals surface area contributed by atoms with Gasteiger partial charge in [0.05, 0.1) is 17.1 Å². The summed E-state index contributed by atoms with van der Waals surface area (Å²) in [6.45, 7) is 12.2. The van der Waals surface area contributed by atoms with Gasteiger partial charge in [-0.3, -0.25) is 4.79 Å². The molecule has 1 saturated heterocycles. The number of carbonyl (C=O) groups is 2. The topological polar surface area (TPSA) is 116 Å². The van der Waals surface area contributed by atoms with Crippen molar-refractivity contribution in [2.24, 2.45) is 5.92 Å². The lowest BCUT2D eigenvalue weighted by molar-refractivity contribution is 0.00569. The molecule has 0 N–H and O–H groups in total. The lowest BCUT2D eigenvalue weighted by Crippen LogP contribution is -2.55. The minimum absolute atomic E-state index is 0.153. The normalized spacial score (nSPS) is 17.9. The summed E-state index contributed by atoms with van der Waals surface area (Å²) in [5.41, 5.74) is 1.06. The van der Waals surface area contributed by atoms with Crippen molar-refractivity contribution in [3.63, 3.8) is 0 Å². The molecule has 0 radical (unpaired) electrons. The van der Waals surface area contributed by atoms with E-state index in [4.69, 9.17) is 19.0 Å². The fraction of sp³-hybridized carbons (Fsp3) is 0.621. The number of ether oxygens (including phenoxy) is 2. The number of carbonyl (C=O) groups excluding carboxylic acids is 2. The number of benzene rings is 1. The molecule has 3 heterocycles. The number of para-hydroxylation sites is 2. The Morgan fingerprint density at radius 1 is 1.18 bits per heavy atom. The van der Waals surface area contributed by atoms with Crippen LogP contribution in [-0.4, -0.2) is 86.5 Å². The van der Waals surface area contributed by atoms with Crippen molar-refractivity contribution < 1.29 is 23.6 Å². The first kappa shape index (κ1) is 29.5. The summed E-state index contributed by atoms with van der Waals surface area (Å²) in [5.74, 6) is 0.759. The lowest BCUT2D eigenvalue weighted by Gasteiger charge is -2.42.